The number of amides is 1. The molecule has 2 rings (SSSR count). The van der Waals surface area contributed by atoms with E-state index in [4.69, 9.17) is 38.4 Å². The predicted molar refractivity (Wildman–Crippen MR) is 97.2 cm³/mol. The Bertz CT molecular complexity index is 723. The Balaban J connectivity index is 1.79. The van der Waals surface area contributed by atoms with E-state index in [0.717, 1.165) is 0 Å². The van der Waals surface area contributed by atoms with Crippen molar-refractivity contribution < 1.29 is 14.3 Å². The molecule has 5 nitrogen and oxygen atoms in total. The van der Waals surface area contributed by atoms with E-state index in [0.29, 0.717) is 52.4 Å². The van der Waals surface area contributed by atoms with Gasteiger partial charge in [0.15, 0.2) is 0 Å². The van der Waals surface area contributed by atoms with Crippen LogP contribution in [0.2, 0.25) is 10.0 Å². The number of carbonyl (C=O) groups is 1. The molecule has 0 spiro atoms. The second-order valence-electron chi connectivity index (χ2n) is 5.03. The molecule has 0 atom stereocenters. The van der Waals surface area contributed by atoms with Crippen molar-refractivity contribution in [1.82, 2.24) is 0 Å². The minimum absolute atomic E-state index is 0.135. The Morgan fingerprint density at radius 1 is 1.17 bits per heavy atom. The van der Waals surface area contributed by atoms with Gasteiger partial charge in [-0.05, 0) is 36.8 Å². The molecule has 0 unspecified atom stereocenters. The molecule has 2 aromatic carbocycles. The number of benzene rings is 2. The van der Waals surface area contributed by atoms with Crippen molar-refractivity contribution in [3.8, 4) is 11.5 Å². The van der Waals surface area contributed by atoms with Gasteiger partial charge in [-0.1, -0.05) is 23.2 Å². The van der Waals surface area contributed by atoms with Crippen LogP contribution < -0.4 is 20.5 Å². The van der Waals surface area contributed by atoms with Gasteiger partial charge >= 0.3 is 0 Å². The number of ether oxygens (including phenoxy) is 2. The summed E-state index contributed by atoms with van der Waals surface area (Å²) in [6.45, 7) is 0.369. The number of hydrogen-bond donors (Lipinski definition) is 2. The molecule has 3 N–H and O–H groups in total. The molecule has 0 aromatic heterocycles. The van der Waals surface area contributed by atoms with Crippen LogP contribution in [-0.2, 0) is 4.79 Å². The first-order chi connectivity index (χ1) is 11.5. The maximum absolute atomic E-state index is 12.0. The van der Waals surface area contributed by atoms with Crippen LogP contribution >= 0.6 is 23.2 Å². The molecule has 2 aromatic rings. The van der Waals surface area contributed by atoms with Crippen LogP contribution in [-0.4, -0.2) is 19.6 Å². The second-order valence-corrected chi connectivity index (χ2v) is 5.88. The maximum Gasteiger partial charge on any atom is 0.224 e. The molecule has 0 radical (unpaired) electrons. The summed E-state index contributed by atoms with van der Waals surface area (Å²) in [5, 5.41) is 3.78. The average Bonchev–Trinajstić information content (AvgIpc) is 2.54. The molecule has 0 aliphatic carbocycles. The zero-order valence-corrected chi connectivity index (χ0v) is 14.7. The van der Waals surface area contributed by atoms with Crippen LogP contribution in [0.25, 0.3) is 0 Å². The van der Waals surface area contributed by atoms with Crippen LogP contribution in [0.5, 0.6) is 11.5 Å². The fourth-order valence-electron chi connectivity index (χ4n) is 2.03. The standard InChI is InChI=1S/C17H18Cl2N2O3/c1-23-16-10-12(20)5-6-14(16)21-17(22)3-2-8-24-15-7-4-11(18)9-13(15)19/h4-7,9-10H,2-3,8,20H2,1H3,(H,21,22). The van der Waals surface area contributed by atoms with E-state index in [1.807, 2.05) is 0 Å². The smallest absolute Gasteiger partial charge is 0.224 e. The van der Waals surface area contributed by atoms with Gasteiger partial charge in [0.25, 0.3) is 0 Å². The lowest BCUT2D eigenvalue weighted by atomic mass is 10.2. The number of halogens is 2. The number of methoxy groups -OCH3 is 1. The van der Waals surface area contributed by atoms with Crippen LogP contribution in [0.1, 0.15) is 12.8 Å². The summed E-state index contributed by atoms with van der Waals surface area (Å²) in [5.74, 6) is 0.929. The number of nitrogens with one attached hydrogen (secondary N) is 1. The summed E-state index contributed by atoms with van der Waals surface area (Å²) in [6, 6.07) is 10.1. The average molecular weight is 369 g/mol. The summed E-state index contributed by atoms with van der Waals surface area (Å²) < 4.78 is 10.7. The zero-order chi connectivity index (χ0) is 17.5. The molecule has 0 fully saturated rings. The number of hydrogen-bond acceptors (Lipinski definition) is 4. The summed E-state index contributed by atoms with van der Waals surface area (Å²) >= 11 is 11.8. The quantitative estimate of drug-likeness (QED) is 0.561. The van der Waals surface area contributed by atoms with Gasteiger partial charge in [0, 0.05) is 23.2 Å². The summed E-state index contributed by atoms with van der Waals surface area (Å²) in [6.07, 6.45) is 0.848. The number of nitrogens with two attached hydrogens (primary N) is 1. The first-order valence-corrected chi connectivity index (χ1v) is 8.06. The summed E-state index contributed by atoms with van der Waals surface area (Å²) in [7, 11) is 1.52. The van der Waals surface area contributed by atoms with Crippen molar-refractivity contribution in [2.75, 3.05) is 24.8 Å². The van der Waals surface area contributed by atoms with Gasteiger partial charge in [-0.3, -0.25) is 4.79 Å². The Hall–Kier alpha value is -2.11. The third-order valence-electron chi connectivity index (χ3n) is 3.20. The number of nitrogen functional groups attached to an aromatic ring is 1. The minimum Gasteiger partial charge on any atom is -0.494 e. The normalized spacial score (nSPS) is 10.3. The zero-order valence-electron chi connectivity index (χ0n) is 13.1. The molecule has 0 heterocycles. The van der Waals surface area contributed by atoms with Crippen molar-refractivity contribution in [3.63, 3.8) is 0 Å². The van der Waals surface area contributed by atoms with E-state index < -0.39 is 0 Å². The fourth-order valence-corrected chi connectivity index (χ4v) is 2.49. The third kappa shape index (κ3) is 5.22. The summed E-state index contributed by atoms with van der Waals surface area (Å²) in [5.41, 5.74) is 6.83. The van der Waals surface area contributed by atoms with Crippen molar-refractivity contribution >= 4 is 40.5 Å². The van der Waals surface area contributed by atoms with Gasteiger partial charge in [0.2, 0.25) is 5.91 Å². The number of rotatable bonds is 7. The molecule has 0 bridgehead atoms. The lowest BCUT2D eigenvalue weighted by Gasteiger charge is -2.11. The van der Waals surface area contributed by atoms with E-state index in [1.165, 1.54) is 7.11 Å². The van der Waals surface area contributed by atoms with Gasteiger partial charge in [-0.15, -0.1) is 0 Å². The highest BCUT2D eigenvalue weighted by atomic mass is 35.5. The van der Waals surface area contributed by atoms with Gasteiger partial charge in [0.1, 0.15) is 11.5 Å². The number of anilines is 2. The monoisotopic (exact) mass is 368 g/mol. The molecular formula is C17H18Cl2N2O3. The molecule has 0 aliphatic heterocycles. The van der Waals surface area contributed by atoms with Gasteiger partial charge in [-0.2, -0.15) is 0 Å². The molecular weight excluding hydrogens is 351 g/mol. The molecule has 128 valence electrons. The first kappa shape index (κ1) is 18.2. The highest BCUT2D eigenvalue weighted by molar-refractivity contribution is 6.35. The Morgan fingerprint density at radius 2 is 1.96 bits per heavy atom. The maximum atomic E-state index is 12.0. The van der Waals surface area contributed by atoms with Crippen LogP contribution in [0.15, 0.2) is 36.4 Å². The SMILES string of the molecule is COc1cc(N)ccc1NC(=O)CCCOc1ccc(Cl)cc1Cl. The molecule has 7 heteroatoms. The Kier molecular flexibility index (Phi) is 6.58. The molecule has 1 amide bonds. The van der Waals surface area contributed by atoms with E-state index in [1.54, 1.807) is 36.4 Å². The van der Waals surface area contributed by atoms with Crippen LogP contribution in [0.4, 0.5) is 11.4 Å². The van der Waals surface area contributed by atoms with Crippen LogP contribution in [0, 0.1) is 0 Å². The second kappa shape index (κ2) is 8.66. The van der Waals surface area contributed by atoms with Crippen molar-refractivity contribution in [3.05, 3.63) is 46.4 Å². The third-order valence-corrected chi connectivity index (χ3v) is 3.73. The van der Waals surface area contributed by atoms with Crippen LogP contribution in [0.3, 0.4) is 0 Å². The Labute approximate surface area is 150 Å². The van der Waals surface area contributed by atoms with Crippen molar-refractivity contribution in [1.29, 1.82) is 0 Å². The van der Waals surface area contributed by atoms with E-state index in [-0.39, 0.29) is 5.91 Å². The van der Waals surface area contributed by atoms with Gasteiger partial charge in [-0.25, -0.2) is 0 Å². The fraction of sp³-hybridized carbons (Fsp3) is 0.235. The predicted octanol–water partition coefficient (Wildman–Crippen LogP) is 4.38. The number of carbonyl (C=O) groups excluding carboxylic acids is 1. The lowest BCUT2D eigenvalue weighted by Crippen LogP contribution is -2.13. The Morgan fingerprint density at radius 3 is 2.67 bits per heavy atom. The highest BCUT2D eigenvalue weighted by Gasteiger charge is 2.08. The molecule has 0 aliphatic rings. The first-order valence-electron chi connectivity index (χ1n) is 7.31. The molecule has 0 saturated heterocycles. The molecule has 0 saturated carbocycles. The lowest BCUT2D eigenvalue weighted by molar-refractivity contribution is -0.116. The van der Waals surface area contributed by atoms with E-state index >= 15 is 0 Å². The molecule has 24 heavy (non-hydrogen) atoms. The van der Waals surface area contributed by atoms with Gasteiger partial charge in [0.05, 0.1) is 24.4 Å². The summed E-state index contributed by atoms with van der Waals surface area (Å²) in [4.78, 5) is 12.0. The topological polar surface area (TPSA) is 73.6 Å². The van der Waals surface area contributed by atoms with Crippen molar-refractivity contribution in [2.24, 2.45) is 0 Å². The van der Waals surface area contributed by atoms with Crippen molar-refractivity contribution in [2.45, 2.75) is 12.8 Å². The minimum atomic E-state index is -0.135. The highest BCUT2D eigenvalue weighted by Crippen LogP contribution is 2.28. The van der Waals surface area contributed by atoms with E-state index in [9.17, 15) is 4.79 Å². The van der Waals surface area contributed by atoms with Gasteiger partial charge < -0.3 is 20.5 Å². The van der Waals surface area contributed by atoms with E-state index in [2.05, 4.69) is 5.32 Å². The largest absolute Gasteiger partial charge is 0.494 e.